The number of nitrogen functional groups attached to an aromatic ring is 1. The fourth-order valence-electron chi connectivity index (χ4n) is 1.46. The van der Waals surface area contributed by atoms with Crippen molar-refractivity contribution in [1.82, 2.24) is 0 Å². The molecular formula is C14H22F3NOSi. The molecule has 0 spiro atoms. The minimum Gasteiger partial charge on any atom is -0.412 e. The number of halogens is 3. The van der Waals surface area contributed by atoms with Crippen molar-refractivity contribution in [3.63, 3.8) is 0 Å². The summed E-state index contributed by atoms with van der Waals surface area (Å²) in [7, 11) is -2.01. The number of rotatable bonds is 3. The monoisotopic (exact) mass is 305 g/mol. The highest BCUT2D eigenvalue weighted by Crippen LogP contribution is 2.39. The van der Waals surface area contributed by atoms with E-state index in [1.165, 1.54) is 6.07 Å². The Bertz CT molecular complexity index is 478. The van der Waals surface area contributed by atoms with Gasteiger partial charge in [-0.15, -0.1) is 0 Å². The van der Waals surface area contributed by atoms with Gasteiger partial charge in [-0.3, -0.25) is 0 Å². The summed E-state index contributed by atoms with van der Waals surface area (Å²) in [6, 6.07) is 3.94. The van der Waals surface area contributed by atoms with Gasteiger partial charge >= 0.3 is 6.18 Å². The summed E-state index contributed by atoms with van der Waals surface area (Å²) in [6.07, 6.45) is -4.43. The lowest BCUT2D eigenvalue weighted by Gasteiger charge is -2.36. The molecule has 0 fully saturated rings. The number of nitrogens with two attached hydrogens (primary N) is 1. The number of benzene rings is 1. The Labute approximate surface area is 119 Å². The number of para-hydroxylation sites is 1. The summed E-state index contributed by atoms with van der Waals surface area (Å²) < 4.78 is 44.3. The van der Waals surface area contributed by atoms with Crippen LogP contribution in [0.25, 0.3) is 0 Å². The van der Waals surface area contributed by atoms with Gasteiger partial charge in [0.2, 0.25) is 0 Å². The third-order valence-corrected chi connectivity index (χ3v) is 8.37. The van der Waals surface area contributed by atoms with Crippen LogP contribution < -0.4 is 5.73 Å². The van der Waals surface area contributed by atoms with Crippen LogP contribution in [0.2, 0.25) is 18.1 Å². The molecule has 0 radical (unpaired) electrons. The van der Waals surface area contributed by atoms with E-state index in [0.29, 0.717) is 5.56 Å². The molecule has 0 saturated carbocycles. The summed E-state index contributed by atoms with van der Waals surface area (Å²) >= 11 is 0. The highest BCUT2D eigenvalue weighted by molar-refractivity contribution is 6.74. The molecule has 0 aliphatic heterocycles. The van der Waals surface area contributed by atoms with E-state index in [9.17, 15) is 13.2 Å². The first-order valence-electron chi connectivity index (χ1n) is 6.45. The van der Waals surface area contributed by atoms with E-state index >= 15 is 0 Å². The van der Waals surface area contributed by atoms with E-state index in [4.69, 9.17) is 10.2 Å². The molecule has 0 atom stereocenters. The molecule has 6 heteroatoms. The first-order chi connectivity index (χ1) is 8.86. The summed E-state index contributed by atoms with van der Waals surface area (Å²) in [4.78, 5) is 0. The molecule has 1 aromatic carbocycles. The topological polar surface area (TPSA) is 35.2 Å². The lowest BCUT2D eigenvalue weighted by molar-refractivity contribution is -0.136. The zero-order valence-electron chi connectivity index (χ0n) is 12.6. The zero-order valence-corrected chi connectivity index (χ0v) is 13.6. The van der Waals surface area contributed by atoms with Gasteiger partial charge in [-0.25, -0.2) is 0 Å². The van der Waals surface area contributed by atoms with Crippen LogP contribution in [0.4, 0.5) is 18.9 Å². The molecule has 114 valence electrons. The van der Waals surface area contributed by atoms with Crippen LogP contribution in [-0.4, -0.2) is 8.32 Å². The number of alkyl halides is 3. The van der Waals surface area contributed by atoms with E-state index in [1.54, 1.807) is 6.07 Å². The van der Waals surface area contributed by atoms with Gasteiger partial charge < -0.3 is 10.2 Å². The normalized spacial score (nSPS) is 13.6. The Morgan fingerprint density at radius 2 is 1.70 bits per heavy atom. The predicted molar refractivity (Wildman–Crippen MR) is 77.8 cm³/mol. The maximum absolute atomic E-state index is 12.8. The maximum Gasteiger partial charge on any atom is 0.418 e. The maximum atomic E-state index is 12.8. The number of anilines is 1. The highest BCUT2D eigenvalue weighted by atomic mass is 28.4. The first kappa shape index (κ1) is 17.0. The summed E-state index contributed by atoms with van der Waals surface area (Å²) in [5.74, 6) is 0. The number of hydrogen-bond acceptors (Lipinski definition) is 2. The van der Waals surface area contributed by atoms with Gasteiger partial charge in [0.05, 0.1) is 12.2 Å². The molecule has 0 saturated heterocycles. The molecule has 0 aromatic heterocycles. The standard InChI is InChI=1S/C14H22F3NOSi/c1-13(2,3)20(4,5)19-9-10-7-6-8-11(12(10)18)14(15,16)17/h6-8H,9,18H2,1-5H3. The van der Waals surface area contributed by atoms with Gasteiger partial charge in [0.25, 0.3) is 0 Å². The van der Waals surface area contributed by atoms with Crippen molar-refractivity contribution in [2.45, 2.75) is 51.7 Å². The molecule has 0 aliphatic rings. The van der Waals surface area contributed by atoms with Gasteiger partial charge in [0.1, 0.15) is 0 Å². The van der Waals surface area contributed by atoms with Gasteiger partial charge in [-0.1, -0.05) is 32.9 Å². The quantitative estimate of drug-likeness (QED) is 0.642. The third kappa shape index (κ3) is 3.76. The average molecular weight is 305 g/mol. The molecule has 0 bridgehead atoms. The van der Waals surface area contributed by atoms with Gasteiger partial charge in [-0.2, -0.15) is 13.2 Å². The van der Waals surface area contributed by atoms with Crippen molar-refractivity contribution in [3.8, 4) is 0 Å². The van der Waals surface area contributed by atoms with Crippen molar-refractivity contribution >= 4 is 14.0 Å². The second-order valence-electron chi connectivity index (χ2n) is 6.43. The van der Waals surface area contributed by atoms with Crippen LogP contribution in [0.15, 0.2) is 18.2 Å². The lowest BCUT2D eigenvalue weighted by Crippen LogP contribution is -2.40. The van der Waals surface area contributed by atoms with Crippen molar-refractivity contribution in [2.75, 3.05) is 5.73 Å². The van der Waals surface area contributed by atoms with E-state index in [-0.39, 0.29) is 17.3 Å². The largest absolute Gasteiger partial charge is 0.418 e. The summed E-state index contributed by atoms with van der Waals surface area (Å²) in [5, 5.41) is 0.00337. The Hall–Kier alpha value is -1.01. The van der Waals surface area contributed by atoms with Crippen molar-refractivity contribution in [2.24, 2.45) is 0 Å². The van der Waals surface area contributed by atoms with Gasteiger partial charge in [0.15, 0.2) is 8.32 Å². The van der Waals surface area contributed by atoms with E-state index in [2.05, 4.69) is 33.9 Å². The van der Waals surface area contributed by atoms with Crippen LogP contribution in [0.5, 0.6) is 0 Å². The van der Waals surface area contributed by atoms with E-state index in [0.717, 1.165) is 6.07 Å². The third-order valence-electron chi connectivity index (χ3n) is 3.90. The van der Waals surface area contributed by atoms with E-state index in [1.807, 2.05) is 0 Å². The average Bonchev–Trinajstić information content (AvgIpc) is 2.24. The Balaban J connectivity index is 2.96. The molecule has 1 aromatic rings. The second kappa shape index (κ2) is 5.41. The molecule has 1 rings (SSSR count). The Morgan fingerprint density at radius 1 is 1.15 bits per heavy atom. The fourth-order valence-corrected chi connectivity index (χ4v) is 2.41. The number of hydrogen-bond donors (Lipinski definition) is 1. The molecule has 20 heavy (non-hydrogen) atoms. The minimum absolute atomic E-state index is 0.00337. The van der Waals surface area contributed by atoms with Crippen LogP contribution in [0.3, 0.4) is 0 Å². The lowest BCUT2D eigenvalue weighted by atomic mass is 10.1. The van der Waals surface area contributed by atoms with Crippen molar-refractivity contribution in [1.29, 1.82) is 0 Å². The Morgan fingerprint density at radius 3 is 2.15 bits per heavy atom. The Kier molecular flexibility index (Phi) is 4.61. The molecule has 2 nitrogen and oxygen atoms in total. The van der Waals surface area contributed by atoms with Crippen LogP contribution in [-0.2, 0) is 17.2 Å². The van der Waals surface area contributed by atoms with Crippen LogP contribution in [0.1, 0.15) is 31.9 Å². The highest BCUT2D eigenvalue weighted by Gasteiger charge is 2.38. The summed E-state index contributed by atoms with van der Waals surface area (Å²) in [5.41, 5.74) is 4.98. The second-order valence-corrected chi connectivity index (χ2v) is 11.2. The fraction of sp³-hybridized carbons (Fsp3) is 0.571. The molecule has 0 unspecified atom stereocenters. The minimum atomic E-state index is -4.43. The van der Waals surface area contributed by atoms with Crippen LogP contribution in [0, 0.1) is 0 Å². The SMILES string of the molecule is CC(C)(C)[Si](C)(C)OCc1cccc(C(F)(F)F)c1N. The van der Waals surface area contributed by atoms with Crippen molar-refractivity contribution < 1.29 is 17.6 Å². The molecule has 0 heterocycles. The molecule has 0 aliphatic carbocycles. The summed E-state index contributed by atoms with van der Waals surface area (Å²) in [6.45, 7) is 10.5. The van der Waals surface area contributed by atoms with Gasteiger partial charge in [-0.05, 0) is 29.8 Å². The molecule has 2 N–H and O–H groups in total. The predicted octanol–water partition coefficient (Wildman–Crippen LogP) is 4.81. The van der Waals surface area contributed by atoms with Gasteiger partial charge in [0, 0.05) is 5.69 Å². The molecule has 0 amide bonds. The zero-order chi connectivity index (χ0) is 15.8. The molecular weight excluding hydrogens is 283 g/mol. The van der Waals surface area contributed by atoms with Crippen molar-refractivity contribution in [3.05, 3.63) is 29.3 Å². The first-order valence-corrected chi connectivity index (χ1v) is 9.35. The smallest absolute Gasteiger partial charge is 0.412 e. The van der Waals surface area contributed by atoms with Crippen LogP contribution >= 0.6 is 0 Å². The van der Waals surface area contributed by atoms with E-state index < -0.39 is 20.1 Å².